The first-order chi connectivity index (χ1) is 8.20. The molecule has 0 spiro atoms. The molecule has 1 unspecified atom stereocenters. The number of aliphatic hydroxyl groups is 1. The topological polar surface area (TPSA) is 45.6 Å². The van der Waals surface area contributed by atoms with Gasteiger partial charge in [-0.1, -0.05) is 0 Å². The average Bonchev–Trinajstić information content (AvgIpc) is 2.81. The van der Waals surface area contributed by atoms with E-state index >= 15 is 0 Å². The van der Waals surface area contributed by atoms with Crippen LogP contribution in [-0.2, 0) is 11.3 Å². The highest BCUT2D eigenvalue weighted by atomic mass is 79.9. The van der Waals surface area contributed by atoms with Crippen LogP contribution in [-0.4, -0.2) is 36.4 Å². The molecule has 0 aromatic carbocycles. The molecule has 4 nitrogen and oxygen atoms in total. The van der Waals surface area contributed by atoms with Crippen LogP contribution in [0.2, 0.25) is 0 Å². The van der Waals surface area contributed by atoms with Gasteiger partial charge in [-0.15, -0.1) is 0 Å². The summed E-state index contributed by atoms with van der Waals surface area (Å²) < 4.78 is 6.49. The minimum Gasteiger partial charge on any atom is -0.392 e. The molecule has 1 aromatic rings. The maximum atomic E-state index is 9.33. The third-order valence-electron chi connectivity index (χ3n) is 2.94. The van der Waals surface area contributed by atoms with Crippen molar-refractivity contribution >= 4 is 21.7 Å². The lowest BCUT2D eigenvalue weighted by atomic mass is 10.2. The Bertz CT molecular complexity index is 381. The van der Waals surface area contributed by atoms with E-state index in [1.54, 1.807) is 6.20 Å². The number of hydrogen-bond donors (Lipinski definition) is 1. The van der Waals surface area contributed by atoms with Gasteiger partial charge in [0.15, 0.2) is 0 Å². The summed E-state index contributed by atoms with van der Waals surface area (Å²) in [4.78, 5) is 6.40. The van der Waals surface area contributed by atoms with Crippen molar-refractivity contribution < 1.29 is 9.84 Å². The summed E-state index contributed by atoms with van der Waals surface area (Å²) in [6.07, 6.45) is 4.28. The van der Waals surface area contributed by atoms with Gasteiger partial charge in [0.2, 0.25) is 0 Å². The maximum Gasteiger partial charge on any atom is 0.133 e. The zero-order chi connectivity index (χ0) is 12.3. The second kappa shape index (κ2) is 5.80. The van der Waals surface area contributed by atoms with Crippen LogP contribution in [0.3, 0.4) is 0 Å². The number of ether oxygens (including phenoxy) is 1. The molecule has 1 saturated heterocycles. The average molecular weight is 301 g/mol. The van der Waals surface area contributed by atoms with Gasteiger partial charge >= 0.3 is 0 Å². The number of aliphatic hydroxyl groups excluding tert-OH is 1. The van der Waals surface area contributed by atoms with Crippen LogP contribution in [0.15, 0.2) is 16.7 Å². The number of anilines is 1. The van der Waals surface area contributed by atoms with Gasteiger partial charge in [0, 0.05) is 36.4 Å². The second-order valence-corrected chi connectivity index (χ2v) is 5.23. The summed E-state index contributed by atoms with van der Waals surface area (Å²) in [5.41, 5.74) is 0.833. The second-order valence-electron chi connectivity index (χ2n) is 4.31. The molecule has 1 fully saturated rings. The zero-order valence-electron chi connectivity index (χ0n) is 9.90. The van der Waals surface area contributed by atoms with Crippen LogP contribution in [0.1, 0.15) is 18.4 Å². The van der Waals surface area contributed by atoms with Gasteiger partial charge in [0.1, 0.15) is 5.82 Å². The third kappa shape index (κ3) is 3.18. The molecule has 2 rings (SSSR count). The molecule has 0 aliphatic carbocycles. The van der Waals surface area contributed by atoms with E-state index in [-0.39, 0.29) is 12.7 Å². The molecule has 0 radical (unpaired) electrons. The van der Waals surface area contributed by atoms with E-state index in [9.17, 15) is 5.11 Å². The lowest BCUT2D eigenvalue weighted by molar-refractivity contribution is 0.116. The van der Waals surface area contributed by atoms with E-state index in [0.717, 1.165) is 41.8 Å². The van der Waals surface area contributed by atoms with Gasteiger partial charge in [-0.05, 0) is 34.8 Å². The van der Waals surface area contributed by atoms with Gasteiger partial charge in [-0.25, -0.2) is 4.98 Å². The van der Waals surface area contributed by atoms with Gasteiger partial charge in [0.05, 0.1) is 12.7 Å². The summed E-state index contributed by atoms with van der Waals surface area (Å²) >= 11 is 3.36. The molecule has 1 N–H and O–H groups in total. The van der Waals surface area contributed by atoms with E-state index in [2.05, 4.69) is 20.9 Å². The van der Waals surface area contributed by atoms with Crippen LogP contribution in [0.4, 0.5) is 5.82 Å². The minimum atomic E-state index is -0.00234. The number of pyridine rings is 1. The van der Waals surface area contributed by atoms with Crippen LogP contribution in [0, 0.1) is 0 Å². The molecule has 1 aliphatic rings. The molecule has 0 bridgehead atoms. The first-order valence-corrected chi connectivity index (χ1v) is 6.58. The number of halogens is 1. The fourth-order valence-electron chi connectivity index (χ4n) is 2.11. The van der Waals surface area contributed by atoms with Crippen molar-refractivity contribution in [3.05, 3.63) is 22.3 Å². The van der Waals surface area contributed by atoms with Gasteiger partial charge in [0.25, 0.3) is 0 Å². The SMILES string of the molecule is CN(CC1CCCO1)c1ncc(Br)cc1CO. The van der Waals surface area contributed by atoms with Crippen LogP contribution < -0.4 is 4.90 Å². The van der Waals surface area contributed by atoms with Crippen LogP contribution >= 0.6 is 15.9 Å². The monoisotopic (exact) mass is 300 g/mol. The molecule has 0 saturated carbocycles. The van der Waals surface area contributed by atoms with E-state index in [4.69, 9.17) is 4.74 Å². The van der Waals surface area contributed by atoms with E-state index < -0.39 is 0 Å². The Labute approximate surface area is 110 Å². The Balaban J connectivity index is 2.09. The van der Waals surface area contributed by atoms with Crippen molar-refractivity contribution in [3.63, 3.8) is 0 Å². The lowest BCUT2D eigenvalue weighted by Crippen LogP contribution is -2.30. The number of likely N-dealkylation sites (N-methyl/N-ethyl adjacent to an activating group) is 1. The molecule has 1 atom stereocenters. The first kappa shape index (κ1) is 12.8. The molecular formula is C12H17BrN2O2. The first-order valence-electron chi connectivity index (χ1n) is 5.78. The summed E-state index contributed by atoms with van der Waals surface area (Å²) in [6, 6.07) is 1.90. The maximum absolute atomic E-state index is 9.33. The zero-order valence-corrected chi connectivity index (χ0v) is 11.5. The fraction of sp³-hybridized carbons (Fsp3) is 0.583. The van der Waals surface area contributed by atoms with Crippen molar-refractivity contribution in [2.45, 2.75) is 25.6 Å². The smallest absolute Gasteiger partial charge is 0.133 e. The Morgan fingerprint density at radius 2 is 2.47 bits per heavy atom. The van der Waals surface area contributed by atoms with Crippen LogP contribution in [0.5, 0.6) is 0 Å². The molecule has 17 heavy (non-hydrogen) atoms. The van der Waals surface area contributed by atoms with Crippen molar-refractivity contribution in [1.29, 1.82) is 0 Å². The highest BCUT2D eigenvalue weighted by Crippen LogP contribution is 2.22. The lowest BCUT2D eigenvalue weighted by Gasteiger charge is -2.23. The van der Waals surface area contributed by atoms with Crippen LogP contribution in [0.25, 0.3) is 0 Å². The highest BCUT2D eigenvalue weighted by molar-refractivity contribution is 9.10. The predicted octanol–water partition coefficient (Wildman–Crippen LogP) is 1.95. The number of hydrogen-bond acceptors (Lipinski definition) is 4. The quantitative estimate of drug-likeness (QED) is 0.923. The standard InChI is InChI=1S/C12H17BrN2O2/c1-15(7-11-3-2-4-17-11)12-9(8-16)5-10(13)6-14-12/h5-6,11,16H,2-4,7-8H2,1H3. The predicted molar refractivity (Wildman–Crippen MR) is 70.1 cm³/mol. The number of nitrogens with zero attached hydrogens (tertiary/aromatic N) is 2. The van der Waals surface area contributed by atoms with Gasteiger partial charge in [-0.2, -0.15) is 0 Å². The largest absolute Gasteiger partial charge is 0.392 e. The van der Waals surface area contributed by atoms with Gasteiger partial charge < -0.3 is 14.7 Å². The summed E-state index contributed by atoms with van der Waals surface area (Å²) in [5.74, 6) is 0.825. The minimum absolute atomic E-state index is 0.00234. The Morgan fingerprint density at radius 1 is 1.65 bits per heavy atom. The highest BCUT2D eigenvalue weighted by Gasteiger charge is 2.19. The molecule has 0 amide bonds. The van der Waals surface area contributed by atoms with E-state index in [1.165, 1.54) is 0 Å². The molecule has 5 heteroatoms. The third-order valence-corrected chi connectivity index (χ3v) is 3.38. The molecule has 1 aliphatic heterocycles. The fourth-order valence-corrected chi connectivity index (χ4v) is 2.49. The molecule has 1 aromatic heterocycles. The summed E-state index contributed by atoms with van der Waals surface area (Å²) in [6.45, 7) is 1.68. The van der Waals surface area contributed by atoms with E-state index in [1.807, 2.05) is 18.0 Å². The molecular weight excluding hydrogens is 284 g/mol. The molecule has 94 valence electrons. The summed E-state index contributed by atoms with van der Waals surface area (Å²) in [5, 5.41) is 9.33. The Kier molecular flexibility index (Phi) is 4.36. The Hall–Kier alpha value is -0.650. The van der Waals surface area contributed by atoms with Crippen molar-refractivity contribution in [3.8, 4) is 0 Å². The van der Waals surface area contributed by atoms with Crippen molar-refractivity contribution in [2.24, 2.45) is 0 Å². The van der Waals surface area contributed by atoms with Crippen molar-refractivity contribution in [1.82, 2.24) is 4.98 Å². The van der Waals surface area contributed by atoms with Crippen molar-refractivity contribution in [2.75, 3.05) is 25.1 Å². The normalized spacial score (nSPS) is 19.6. The van der Waals surface area contributed by atoms with Gasteiger partial charge in [-0.3, -0.25) is 0 Å². The number of rotatable bonds is 4. The Morgan fingerprint density at radius 3 is 3.12 bits per heavy atom. The summed E-state index contributed by atoms with van der Waals surface area (Å²) in [7, 11) is 1.98. The molecule has 2 heterocycles. The number of aromatic nitrogens is 1. The van der Waals surface area contributed by atoms with E-state index in [0.29, 0.717) is 0 Å².